The third kappa shape index (κ3) is 4.48. The second-order valence-electron chi connectivity index (χ2n) is 11.5. The number of ether oxygens (including phenoxy) is 1. The topological polar surface area (TPSA) is 95.4 Å². The Morgan fingerprint density at radius 3 is 2.70 bits per heavy atom. The number of benzene rings is 1. The van der Waals surface area contributed by atoms with E-state index in [0.29, 0.717) is 5.57 Å². The quantitative estimate of drug-likeness (QED) is 0.183. The number of thiazole rings is 1. The number of aliphatic hydroxyl groups excluding tert-OH is 1. The highest BCUT2D eigenvalue weighted by Gasteiger charge is 2.60. The molecule has 2 fully saturated rings. The van der Waals surface area contributed by atoms with Gasteiger partial charge in [0.25, 0.3) is 6.33 Å². The second kappa shape index (κ2) is 10.3. The number of carbonyl (C=O) groups is 2. The zero-order chi connectivity index (χ0) is 28.3. The van der Waals surface area contributed by atoms with Crippen LogP contribution in [-0.4, -0.2) is 87.6 Å². The first-order chi connectivity index (χ1) is 19.1. The second-order valence-corrected chi connectivity index (χ2v) is 13.4. The van der Waals surface area contributed by atoms with Gasteiger partial charge in [0.1, 0.15) is 38.1 Å². The van der Waals surface area contributed by atoms with E-state index in [1.807, 2.05) is 13.1 Å². The number of morpholine rings is 1. The molecule has 3 aliphatic heterocycles. The van der Waals surface area contributed by atoms with Crippen LogP contribution in [-0.2, 0) is 27.4 Å². The highest BCUT2D eigenvalue weighted by molar-refractivity contribution is 7.98. The first kappa shape index (κ1) is 27.5. The molecule has 3 aromatic rings. The average molecular weight is 585 g/mol. The predicted octanol–water partition coefficient (Wildman–Crippen LogP) is 2.69. The van der Waals surface area contributed by atoms with Gasteiger partial charge in [-0.3, -0.25) is 4.79 Å². The first-order valence-corrected chi connectivity index (χ1v) is 15.7. The van der Waals surface area contributed by atoms with E-state index in [1.54, 1.807) is 30.0 Å². The van der Waals surface area contributed by atoms with Crippen molar-refractivity contribution in [2.45, 2.75) is 44.1 Å². The first-order valence-electron chi connectivity index (χ1n) is 13.7. The number of rotatable bonds is 8. The fourth-order valence-corrected chi connectivity index (χ4v) is 8.85. The SMILES string of the molecule is CSc1c2sc(C3=C(C(=O)O)N4C(=O)[C@H]([C@@H](C)O)[C@H]4[C@H]3C)cn2c[n+]1Cc1cccc(C[N+]2(C)CCOCC2)c1. The number of hydrogen-bond acceptors (Lipinski definition) is 6. The number of likely N-dealkylation sites (N-methyl/N-ethyl adjacent to an activating group) is 1. The van der Waals surface area contributed by atoms with Crippen LogP contribution in [0.4, 0.5) is 0 Å². The number of imidazole rings is 1. The lowest BCUT2D eigenvalue weighted by molar-refractivity contribution is -0.929. The molecular weight excluding hydrogens is 548 g/mol. The highest BCUT2D eigenvalue weighted by Crippen LogP contribution is 2.51. The number of quaternary nitrogens is 1. The van der Waals surface area contributed by atoms with Gasteiger partial charge in [-0.15, -0.1) is 0 Å². The molecule has 11 heteroatoms. The molecule has 212 valence electrons. The molecule has 0 aliphatic carbocycles. The number of β-lactam (4-membered cyclic amide) rings is 1. The predicted molar refractivity (Wildman–Crippen MR) is 153 cm³/mol. The number of carboxylic acids is 1. The molecule has 2 N–H and O–H groups in total. The maximum Gasteiger partial charge on any atom is 0.352 e. The molecule has 1 aromatic carbocycles. The fourth-order valence-electron chi connectivity index (χ4n) is 6.67. The van der Waals surface area contributed by atoms with Crippen LogP contribution in [0.1, 0.15) is 29.9 Å². The van der Waals surface area contributed by atoms with Crippen molar-refractivity contribution in [1.82, 2.24) is 9.30 Å². The maximum atomic E-state index is 12.8. The van der Waals surface area contributed by atoms with E-state index < -0.39 is 18.0 Å². The van der Waals surface area contributed by atoms with Crippen molar-refractivity contribution in [3.63, 3.8) is 0 Å². The number of carbonyl (C=O) groups excluding carboxylic acids is 1. The third-order valence-corrected chi connectivity index (χ3v) is 10.8. The lowest BCUT2D eigenvalue weighted by Gasteiger charge is -2.46. The molecule has 0 unspecified atom stereocenters. The molecule has 40 heavy (non-hydrogen) atoms. The Morgan fingerprint density at radius 1 is 1.30 bits per heavy atom. The van der Waals surface area contributed by atoms with Crippen molar-refractivity contribution in [3.05, 3.63) is 58.5 Å². The molecule has 9 nitrogen and oxygen atoms in total. The Labute approximate surface area is 241 Å². The van der Waals surface area contributed by atoms with Crippen LogP contribution >= 0.6 is 23.1 Å². The van der Waals surface area contributed by atoms with Gasteiger partial charge in [-0.2, -0.15) is 4.40 Å². The van der Waals surface area contributed by atoms with Gasteiger partial charge < -0.3 is 24.3 Å². The van der Waals surface area contributed by atoms with Gasteiger partial charge in [0.2, 0.25) is 15.8 Å². The standard InChI is InChI=1S/C29H35N4O5S2/c1-17-22(25(29(36)37)32-24(17)23(18(2)34)26(32)35)21-14-31-16-30(27(39-4)28(31)40-21)13-19-6-5-7-20(12-19)15-33(3)8-10-38-11-9-33/h5-7,12,14,16-18,23-24,34H,8-11,13,15H2,1-4H3/q+1/p+1/t17-,18+,23+,24+/m0/s1. The van der Waals surface area contributed by atoms with Crippen molar-refractivity contribution in [3.8, 4) is 0 Å². The molecule has 3 aliphatic rings. The summed E-state index contributed by atoms with van der Waals surface area (Å²) >= 11 is 3.23. The largest absolute Gasteiger partial charge is 0.477 e. The zero-order valence-corrected chi connectivity index (χ0v) is 24.9. The van der Waals surface area contributed by atoms with Crippen molar-refractivity contribution >= 4 is 45.4 Å². The van der Waals surface area contributed by atoms with Gasteiger partial charge in [-0.1, -0.05) is 48.2 Å². The van der Waals surface area contributed by atoms with E-state index in [4.69, 9.17) is 4.74 Å². The Bertz CT molecular complexity index is 1520. The van der Waals surface area contributed by atoms with Gasteiger partial charge in [0.15, 0.2) is 0 Å². The van der Waals surface area contributed by atoms with Gasteiger partial charge >= 0.3 is 5.97 Å². The van der Waals surface area contributed by atoms with E-state index in [9.17, 15) is 19.8 Å². The number of aromatic nitrogens is 2. The molecule has 4 atom stereocenters. The molecule has 0 spiro atoms. The number of aliphatic carboxylic acids is 1. The molecule has 0 saturated carbocycles. The van der Waals surface area contributed by atoms with Gasteiger partial charge in [0.05, 0.1) is 43.2 Å². The van der Waals surface area contributed by atoms with Crippen molar-refractivity contribution in [2.24, 2.45) is 11.8 Å². The third-order valence-electron chi connectivity index (χ3n) is 8.70. The lowest BCUT2D eigenvalue weighted by atomic mass is 9.77. The Hall–Kier alpha value is -2.70. The number of aliphatic hydroxyl groups is 1. The number of carboxylic acid groups (broad SMARTS) is 1. The average Bonchev–Trinajstić information content (AvgIpc) is 3.51. The number of hydrogen-bond donors (Lipinski definition) is 2. The van der Waals surface area contributed by atoms with E-state index in [1.165, 1.54) is 16.0 Å². The monoisotopic (exact) mass is 584 g/mol. The summed E-state index contributed by atoms with van der Waals surface area (Å²) in [6, 6.07) is 8.49. The molecule has 1 amide bonds. The van der Waals surface area contributed by atoms with E-state index >= 15 is 0 Å². The van der Waals surface area contributed by atoms with Gasteiger partial charge in [0, 0.05) is 17.1 Å². The fraction of sp³-hybridized carbons (Fsp3) is 0.483. The lowest BCUT2D eigenvalue weighted by Crippen LogP contribution is -2.63. The van der Waals surface area contributed by atoms with Crippen LogP contribution in [0.15, 0.2) is 47.5 Å². The summed E-state index contributed by atoms with van der Waals surface area (Å²) < 4.78 is 10.9. The van der Waals surface area contributed by atoms with Crippen LogP contribution in [0.3, 0.4) is 0 Å². The zero-order valence-electron chi connectivity index (χ0n) is 23.2. The smallest absolute Gasteiger partial charge is 0.352 e. The van der Waals surface area contributed by atoms with Crippen LogP contribution in [0.25, 0.3) is 10.4 Å². The normalized spacial score (nSPS) is 24.9. The Kier molecular flexibility index (Phi) is 7.07. The number of fused-ring (bicyclic) bond motifs is 2. The summed E-state index contributed by atoms with van der Waals surface area (Å²) in [4.78, 5) is 28.4. The molecule has 0 radical (unpaired) electrons. The van der Waals surface area contributed by atoms with Crippen molar-refractivity contribution in [1.29, 1.82) is 0 Å². The number of amides is 1. The highest BCUT2D eigenvalue weighted by atomic mass is 32.2. The minimum absolute atomic E-state index is 0.0518. The molecular formula is C29H36N4O5S2+2. The maximum absolute atomic E-state index is 12.8. The van der Waals surface area contributed by atoms with Gasteiger partial charge in [-0.05, 0) is 24.8 Å². The summed E-state index contributed by atoms with van der Waals surface area (Å²) in [5.41, 5.74) is 3.29. The molecule has 2 saturated heterocycles. The summed E-state index contributed by atoms with van der Waals surface area (Å²) in [7, 11) is 2.30. The molecule has 0 bridgehead atoms. The summed E-state index contributed by atoms with van der Waals surface area (Å²) in [5, 5.41) is 21.4. The minimum atomic E-state index is -1.10. The van der Waals surface area contributed by atoms with Crippen molar-refractivity contribution < 1.29 is 33.6 Å². The van der Waals surface area contributed by atoms with Crippen LogP contribution < -0.4 is 4.57 Å². The Balaban J connectivity index is 1.29. The van der Waals surface area contributed by atoms with Crippen molar-refractivity contribution in [2.75, 3.05) is 39.6 Å². The van der Waals surface area contributed by atoms with Crippen LogP contribution in [0.5, 0.6) is 0 Å². The number of nitrogens with zero attached hydrogens (tertiary/aromatic N) is 4. The van der Waals surface area contributed by atoms with E-state index in [-0.39, 0.29) is 23.6 Å². The summed E-state index contributed by atoms with van der Waals surface area (Å²) in [5.74, 6) is -2.17. The van der Waals surface area contributed by atoms with Crippen LogP contribution in [0.2, 0.25) is 0 Å². The van der Waals surface area contributed by atoms with E-state index in [2.05, 4.69) is 52.9 Å². The van der Waals surface area contributed by atoms with Gasteiger partial charge in [-0.25, -0.2) is 9.36 Å². The minimum Gasteiger partial charge on any atom is -0.477 e. The van der Waals surface area contributed by atoms with Crippen LogP contribution in [0, 0.1) is 11.8 Å². The summed E-state index contributed by atoms with van der Waals surface area (Å²) in [6.45, 7) is 8.96. The molecule has 5 heterocycles. The summed E-state index contributed by atoms with van der Waals surface area (Å²) in [6.07, 6.45) is 5.30. The van der Waals surface area contributed by atoms with E-state index in [0.717, 1.165) is 58.6 Å². The molecule has 6 rings (SSSR count). The Morgan fingerprint density at radius 2 is 2.02 bits per heavy atom. The molecule has 2 aromatic heterocycles. The number of thioether (sulfide) groups is 1.